The molecule has 0 aliphatic rings. The van der Waals surface area contributed by atoms with Crippen LogP contribution in [0, 0.1) is 0 Å². The highest BCUT2D eigenvalue weighted by Crippen LogP contribution is 2.21. The number of phenols is 1. The second kappa shape index (κ2) is 4.00. The summed E-state index contributed by atoms with van der Waals surface area (Å²) in [5.74, 6) is 0.119. The van der Waals surface area contributed by atoms with Crippen LogP contribution in [0.25, 0.3) is 0 Å². The highest BCUT2D eigenvalue weighted by molar-refractivity contribution is 6.30. The van der Waals surface area contributed by atoms with Crippen molar-refractivity contribution in [3.8, 4) is 5.75 Å². The molecule has 0 bridgehead atoms. The van der Waals surface area contributed by atoms with Gasteiger partial charge in [0, 0.05) is 10.6 Å². The van der Waals surface area contributed by atoms with E-state index in [-0.39, 0.29) is 18.3 Å². The van der Waals surface area contributed by atoms with Gasteiger partial charge in [-0.25, -0.2) is 4.99 Å². The first-order valence-corrected chi connectivity index (χ1v) is 4.00. The van der Waals surface area contributed by atoms with Gasteiger partial charge in [-0.3, -0.25) is 0 Å². The third kappa shape index (κ3) is 2.83. The van der Waals surface area contributed by atoms with Crippen molar-refractivity contribution in [2.75, 3.05) is 0 Å². The molecule has 0 saturated heterocycles. The summed E-state index contributed by atoms with van der Waals surface area (Å²) in [6.07, 6.45) is 0. The summed E-state index contributed by atoms with van der Waals surface area (Å²) >= 11 is 5.71. The molecule has 5 N–H and O–H groups in total. The number of nitrogens with zero attached hydrogens (tertiary/aromatic N) is 1. The van der Waals surface area contributed by atoms with Gasteiger partial charge in [0.05, 0.1) is 6.54 Å². The third-order valence-electron chi connectivity index (χ3n) is 1.47. The van der Waals surface area contributed by atoms with Crippen LogP contribution in [0.5, 0.6) is 5.75 Å². The Balaban J connectivity index is 2.87. The first kappa shape index (κ1) is 9.67. The molecule has 4 nitrogen and oxygen atoms in total. The smallest absolute Gasteiger partial charge is 0.186 e. The molecule has 0 aromatic heterocycles. The van der Waals surface area contributed by atoms with E-state index in [0.29, 0.717) is 10.6 Å². The van der Waals surface area contributed by atoms with Crippen LogP contribution in [0.3, 0.4) is 0 Å². The minimum Gasteiger partial charge on any atom is -0.508 e. The highest BCUT2D eigenvalue weighted by Gasteiger charge is 2.00. The molecular formula is C8H10ClN3O. The predicted molar refractivity (Wildman–Crippen MR) is 52.6 cm³/mol. The van der Waals surface area contributed by atoms with Gasteiger partial charge < -0.3 is 16.6 Å². The van der Waals surface area contributed by atoms with Crippen LogP contribution in [0.1, 0.15) is 5.56 Å². The summed E-state index contributed by atoms with van der Waals surface area (Å²) in [7, 11) is 0. The number of hydrogen-bond donors (Lipinski definition) is 3. The van der Waals surface area contributed by atoms with Crippen LogP contribution in [-0.4, -0.2) is 11.1 Å². The molecule has 0 heterocycles. The van der Waals surface area contributed by atoms with Crippen molar-refractivity contribution in [2.24, 2.45) is 16.5 Å². The molecule has 70 valence electrons. The molecule has 0 amide bonds. The Morgan fingerprint density at radius 1 is 1.46 bits per heavy atom. The topological polar surface area (TPSA) is 84.6 Å². The minimum absolute atomic E-state index is 0.0145. The lowest BCUT2D eigenvalue weighted by Gasteiger charge is -2.01. The molecule has 0 aliphatic carbocycles. The van der Waals surface area contributed by atoms with Crippen molar-refractivity contribution in [1.29, 1.82) is 0 Å². The molecule has 1 aromatic rings. The van der Waals surface area contributed by atoms with Crippen molar-refractivity contribution >= 4 is 17.6 Å². The molecule has 1 aromatic carbocycles. The number of halogens is 1. The van der Waals surface area contributed by atoms with Crippen molar-refractivity contribution in [3.63, 3.8) is 0 Å². The molecule has 0 atom stereocenters. The first-order valence-electron chi connectivity index (χ1n) is 3.62. The van der Waals surface area contributed by atoms with Gasteiger partial charge in [-0.2, -0.15) is 0 Å². The Bertz CT molecular complexity index is 334. The zero-order chi connectivity index (χ0) is 9.84. The molecule has 13 heavy (non-hydrogen) atoms. The average molecular weight is 200 g/mol. The van der Waals surface area contributed by atoms with Crippen molar-refractivity contribution in [3.05, 3.63) is 28.8 Å². The Labute approximate surface area is 80.8 Å². The highest BCUT2D eigenvalue weighted by atomic mass is 35.5. The van der Waals surface area contributed by atoms with E-state index in [2.05, 4.69) is 4.99 Å². The van der Waals surface area contributed by atoms with Crippen LogP contribution in [0.15, 0.2) is 23.2 Å². The maximum atomic E-state index is 9.34. The number of aliphatic imine (C=N–C) groups is 1. The zero-order valence-electron chi connectivity index (χ0n) is 6.87. The molecule has 0 saturated carbocycles. The van der Waals surface area contributed by atoms with Gasteiger partial charge >= 0.3 is 0 Å². The van der Waals surface area contributed by atoms with Crippen LogP contribution >= 0.6 is 11.6 Å². The lowest BCUT2D eigenvalue weighted by molar-refractivity contribution is 0.468. The second-order valence-electron chi connectivity index (χ2n) is 2.51. The Hall–Kier alpha value is -1.42. The SMILES string of the molecule is NC(N)=NCc1cc(Cl)ccc1O. The standard InChI is InChI=1S/C8H10ClN3O/c9-6-1-2-7(13)5(3-6)4-12-8(10)11/h1-3,13H,4H2,(H4,10,11,12). The van der Waals surface area contributed by atoms with Gasteiger partial charge in [0.15, 0.2) is 5.96 Å². The number of rotatable bonds is 2. The van der Waals surface area contributed by atoms with Gasteiger partial charge in [-0.1, -0.05) is 11.6 Å². The third-order valence-corrected chi connectivity index (χ3v) is 1.71. The molecule has 5 heteroatoms. The van der Waals surface area contributed by atoms with Crippen LogP contribution in [0.4, 0.5) is 0 Å². The summed E-state index contributed by atoms with van der Waals surface area (Å²) < 4.78 is 0. The second-order valence-corrected chi connectivity index (χ2v) is 2.95. The minimum atomic E-state index is -0.0145. The van der Waals surface area contributed by atoms with E-state index >= 15 is 0 Å². The summed E-state index contributed by atoms with van der Waals surface area (Å²) in [4.78, 5) is 3.75. The zero-order valence-corrected chi connectivity index (χ0v) is 7.62. The fourth-order valence-corrected chi connectivity index (χ4v) is 1.05. The summed E-state index contributed by atoms with van der Waals surface area (Å²) in [6.45, 7) is 0.231. The van der Waals surface area contributed by atoms with Gasteiger partial charge in [0.1, 0.15) is 5.75 Å². The van der Waals surface area contributed by atoms with E-state index < -0.39 is 0 Å². The first-order chi connectivity index (χ1) is 6.09. The molecular weight excluding hydrogens is 190 g/mol. The quantitative estimate of drug-likeness (QED) is 0.487. The Morgan fingerprint density at radius 3 is 2.77 bits per heavy atom. The van der Waals surface area contributed by atoms with Gasteiger partial charge in [0.2, 0.25) is 0 Å². The van der Waals surface area contributed by atoms with E-state index in [1.54, 1.807) is 12.1 Å². The molecule has 0 unspecified atom stereocenters. The largest absolute Gasteiger partial charge is 0.508 e. The molecule has 0 fully saturated rings. The number of benzene rings is 1. The maximum absolute atomic E-state index is 9.34. The molecule has 0 spiro atoms. The lowest BCUT2D eigenvalue weighted by Crippen LogP contribution is -2.22. The summed E-state index contributed by atoms with van der Waals surface area (Å²) in [6, 6.07) is 4.71. The number of nitrogens with two attached hydrogens (primary N) is 2. The fraction of sp³-hybridized carbons (Fsp3) is 0.125. The van der Waals surface area contributed by atoms with Crippen LogP contribution < -0.4 is 11.5 Å². The van der Waals surface area contributed by atoms with Gasteiger partial charge in [-0.15, -0.1) is 0 Å². The summed E-state index contributed by atoms with van der Waals surface area (Å²) in [5, 5.41) is 9.88. The van der Waals surface area contributed by atoms with Crippen LogP contribution in [0.2, 0.25) is 5.02 Å². The van der Waals surface area contributed by atoms with E-state index in [9.17, 15) is 5.11 Å². The summed E-state index contributed by atoms with van der Waals surface area (Å²) in [5.41, 5.74) is 10.9. The average Bonchev–Trinajstić information content (AvgIpc) is 2.06. The molecule has 0 radical (unpaired) electrons. The van der Waals surface area contributed by atoms with Crippen molar-refractivity contribution in [2.45, 2.75) is 6.54 Å². The lowest BCUT2D eigenvalue weighted by atomic mass is 10.2. The molecule has 0 aliphatic heterocycles. The number of aromatic hydroxyl groups is 1. The van der Waals surface area contributed by atoms with Crippen molar-refractivity contribution < 1.29 is 5.11 Å². The number of hydrogen-bond acceptors (Lipinski definition) is 2. The molecule has 1 rings (SSSR count). The van der Waals surface area contributed by atoms with E-state index in [1.807, 2.05) is 0 Å². The predicted octanol–water partition coefficient (Wildman–Crippen LogP) is 0.819. The van der Waals surface area contributed by atoms with E-state index in [1.165, 1.54) is 6.07 Å². The van der Waals surface area contributed by atoms with Crippen LogP contribution in [-0.2, 0) is 6.54 Å². The maximum Gasteiger partial charge on any atom is 0.186 e. The monoisotopic (exact) mass is 199 g/mol. The number of guanidine groups is 1. The van der Waals surface area contributed by atoms with Crippen molar-refractivity contribution in [1.82, 2.24) is 0 Å². The normalized spacial score (nSPS) is 9.62. The Kier molecular flexibility index (Phi) is 2.97. The fourth-order valence-electron chi connectivity index (χ4n) is 0.857. The Morgan fingerprint density at radius 2 is 2.15 bits per heavy atom. The number of phenolic OH excluding ortho intramolecular Hbond substituents is 1. The van der Waals surface area contributed by atoms with Gasteiger partial charge in [-0.05, 0) is 18.2 Å². The van der Waals surface area contributed by atoms with E-state index in [0.717, 1.165) is 0 Å². The van der Waals surface area contributed by atoms with Gasteiger partial charge in [0.25, 0.3) is 0 Å². The van der Waals surface area contributed by atoms with E-state index in [4.69, 9.17) is 23.1 Å².